The summed E-state index contributed by atoms with van der Waals surface area (Å²) in [4.78, 5) is 2.35. The maximum Gasteiger partial charge on any atom is 0.122 e. The second-order valence-corrected chi connectivity index (χ2v) is 3.87. The number of nitrogens with zero attached hydrogens (tertiary/aromatic N) is 1. The average molecular weight is 192 g/mol. The molecule has 2 rings (SSSR count). The van der Waals surface area contributed by atoms with Crippen LogP contribution in [0.2, 0.25) is 0 Å². The Balaban J connectivity index is 2.08. The molecule has 0 spiro atoms. The van der Waals surface area contributed by atoms with Crippen molar-refractivity contribution in [2.75, 3.05) is 18.8 Å². The molecular formula is C11H16N2O. The molecule has 14 heavy (non-hydrogen) atoms. The number of likely N-dealkylation sites (tertiary alicyclic amines) is 1. The Morgan fingerprint density at radius 1 is 1.29 bits per heavy atom. The highest BCUT2D eigenvalue weighted by atomic mass is 16.3. The molecule has 1 aliphatic heterocycles. The Morgan fingerprint density at radius 2 is 2.00 bits per heavy atom. The Labute approximate surface area is 84.1 Å². The van der Waals surface area contributed by atoms with Crippen LogP contribution in [0, 0.1) is 0 Å². The SMILES string of the molecule is Nc1ccc(CN2CCCC2)c(O)c1. The summed E-state index contributed by atoms with van der Waals surface area (Å²) in [7, 11) is 0. The van der Waals surface area contributed by atoms with Gasteiger partial charge < -0.3 is 10.8 Å². The molecule has 1 aromatic carbocycles. The van der Waals surface area contributed by atoms with Gasteiger partial charge in [0.05, 0.1) is 0 Å². The van der Waals surface area contributed by atoms with E-state index in [2.05, 4.69) is 4.90 Å². The van der Waals surface area contributed by atoms with Crippen LogP contribution >= 0.6 is 0 Å². The molecule has 0 atom stereocenters. The topological polar surface area (TPSA) is 49.5 Å². The van der Waals surface area contributed by atoms with E-state index in [0.717, 1.165) is 25.2 Å². The second kappa shape index (κ2) is 3.88. The van der Waals surface area contributed by atoms with E-state index in [9.17, 15) is 5.11 Å². The standard InChI is InChI=1S/C11H16N2O/c12-10-4-3-9(11(14)7-10)8-13-5-1-2-6-13/h3-4,7,14H,1-2,5-6,8,12H2. The van der Waals surface area contributed by atoms with Crippen molar-refractivity contribution in [1.29, 1.82) is 0 Å². The molecule has 3 N–H and O–H groups in total. The van der Waals surface area contributed by atoms with Gasteiger partial charge in [-0.15, -0.1) is 0 Å². The van der Waals surface area contributed by atoms with Crippen molar-refractivity contribution in [3.63, 3.8) is 0 Å². The van der Waals surface area contributed by atoms with Crippen molar-refractivity contribution in [1.82, 2.24) is 4.90 Å². The van der Waals surface area contributed by atoms with Gasteiger partial charge in [-0.25, -0.2) is 0 Å². The molecule has 3 heteroatoms. The number of rotatable bonds is 2. The van der Waals surface area contributed by atoms with E-state index < -0.39 is 0 Å². The third-order valence-electron chi connectivity index (χ3n) is 2.70. The van der Waals surface area contributed by atoms with Crippen molar-refractivity contribution >= 4 is 5.69 Å². The van der Waals surface area contributed by atoms with E-state index in [-0.39, 0.29) is 0 Å². The van der Waals surface area contributed by atoms with Gasteiger partial charge in [-0.3, -0.25) is 4.90 Å². The summed E-state index contributed by atoms with van der Waals surface area (Å²) >= 11 is 0. The zero-order chi connectivity index (χ0) is 9.97. The van der Waals surface area contributed by atoms with Crippen LogP contribution in [0.5, 0.6) is 5.75 Å². The molecule has 76 valence electrons. The molecule has 3 nitrogen and oxygen atoms in total. The highest BCUT2D eigenvalue weighted by molar-refractivity contribution is 5.47. The third-order valence-corrected chi connectivity index (χ3v) is 2.70. The monoisotopic (exact) mass is 192 g/mol. The lowest BCUT2D eigenvalue weighted by Crippen LogP contribution is -2.18. The fourth-order valence-electron chi connectivity index (χ4n) is 1.90. The van der Waals surface area contributed by atoms with Crippen LogP contribution in [0.4, 0.5) is 5.69 Å². The zero-order valence-electron chi connectivity index (χ0n) is 8.24. The molecule has 0 radical (unpaired) electrons. The third kappa shape index (κ3) is 1.99. The highest BCUT2D eigenvalue weighted by Crippen LogP contribution is 2.23. The van der Waals surface area contributed by atoms with Crippen LogP contribution < -0.4 is 5.73 Å². The first kappa shape index (κ1) is 9.34. The number of benzene rings is 1. The Morgan fingerprint density at radius 3 is 2.64 bits per heavy atom. The summed E-state index contributed by atoms with van der Waals surface area (Å²) in [5.74, 6) is 0.317. The summed E-state index contributed by atoms with van der Waals surface area (Å²) in [5.41, 5.74) is 7.15. The molecule has 1 fully saturated rings. The summed E-state index contributed by atoms with van der Waals surface area (Å²) in [6, 6.07) is 5.36. The van der Waals surface area contributed by atoms with Gasteiger partial charge in [0.2, 0.25) is 0 Å². The van der Waals surface area contributed by atoms with Crippen LogP contribution in [0.25, 0.3) is 0 Å². The minimum Gasteiger partial charge on any atom is -0.508 e. The molecular weight excluding hydrogens is 176 g/mol. The number of phenolic OH excluding ortho intramolecular Hbond substituents is 1. The van der Waals surface area contributed by atoms with E-state index >= 15 is 0 Å². The number of phenols is 1. The van der Waals surface area contributed by atoms with Crippen LogP contribution in [-0.4, -0.2) is 23.1 Å². The van der Waals surface area contributed by atoms with Crippen LogP contribution in [0.15, 0.2) is 18.2 Å². The fraction of sp³-hybridized carbons (Fsp3) is 0.455. The number of hydrogen-bond donors (Lipinski definition) is 2. The lowest BCUT2D eigenvalue weighted by molar-refractivity contribution is 0.324. The van der Waals surface area contributed by atoms with Crippen molar-refractivity contribution in [3.8, 4) is 5.75 Å². The first-order valence-electron chi connectivity index (χ1n) is 5.05. The molecule has 1 aliphatic rings. The van der Waals surface area contributed by atoms with Crippen LogP contribution in [-0.2, 0) is 6.54 Å². The van der Waals surface area contributed by atoms with Crippen molar-refractivity contribution in [3.05, 3.63) is 23.8 Å². The molecule has 0 bridgehead atoms. The van der Waals surface area contributed by atoms with E-state index in [1.165, 1.54) is 12.8 Å². The summed E-state index contributed by atoms with van der Waals surface area (Å²) < 4.78 is 0. The predicted molar refractivity (Wildman–Crippen MR) is 57.0 cm³/mol. The van der Waals surface area contributed by atoms with Gasteiger partial charge in [0.25, 0.3) is 0 Å². The maximum atomic E-state index is 9.65. The molecule has 0 saturated carbocycles. The molecule has 1 aromatic rings. The maximum absolute atomic E-state index is 9.65. The van der Waals surface area contributed by atoms with Crippen molar-refractivity contribution < 1.29 is 5.11 Å². The Kier molecular flexibility index (Phi) is 2.59. The molecule has 1 heterocycles. The van der Waals surface area contributed by atoms with Gasteiger partial charge in [-0.2, -0.15) is 0 Å². The minimum atomic E-state index is 0.317. The smallest absolute Gasteiger partial charge is 0.122 e. The van der Waals surface area contributed by atoms with E-state index in [4.69, 9.17) is 5.73 Å². The van der Waals surface area contributed by atoms with Crippen molar-refractivity contribution in [2.45, 2.75) is 19.4 Å². The lowest BCUT2D eigenvalue weighted by atomic mass is 10.1. The quantitative estimate of drug-likeness (QED) is 0.699. The first-order chi connectivity index (χ1) is 6.75. The lowest BCUT2D eigenvalue weighted by Gasteiger charge is -2.15. The van der Waals surface area contributed by atoms with Gasteiger partial charge in [0, 0.05) is 23.9 Å². The highest BCUT2D eigenvalue weighted by Gasteiger charge is 2.13. The summed E-state index contributed by atoms with van der Waals surface area (Å²) in [6.45, 7) is 3.12. The van der Waals surface area contributed by atoms with Gasteiger partial charge >= 0.3 is 0 Å². The van der Waals surface area contributed by atoms with Crippen LogP contribution in [0.3, 0.4) is 0 Å². The number of nitrogen functional groups attached to an aromatic ring is 1. The van der Waals surface area contributed by atoms with Crippen LogP contribution in [0.1, 0.15) is 18.4 Å². The van der Waals surface area contributed by atoms with Gasteiger partial charge in [-0.1, -0.05) is 6.07 Å². The van der Waals surface area contributed by atoms with Gasteiger partial charge in [0.15, 0.2) is 0 Å². The molecule has 1 saturated heterocycles. The predicted octanol–water partition coefficient (Wildman–Crippen LogP) is 1.57. The largest absolute Gasteiger partial charge is 0.508 e. The number of anilines is 1. The van der Waals surface area contributed by atoms with Gasteiger partial charge in [0.1, 0.15) is 5.75 Å². The van der Waals surface area contributed by atoms with Crippen molar-refractivity contribution in [2.24, 2.45) is 0 Å². The number of nitrogens with two attached hydrogens (primary N) is 1. The van der Waals surface area contributed by atoms with E-state index in [1.807, 2.05) is 12.1 Å². The molecule has 0 aliphatic carbocycles. The zero-order valence-corrected chi connectivity index (χ0v) is 8.24. The van der Waals surface area contributed by atoms with E-state index in [1.54, 1.807) is 6.07 Å². The second-order valence-electron chi connectivity index (χ2n) is 3.87. The Bertz CT molecular complexity index is 319. The normalized spacial score (nSPS) is 17.4. The number of aromatic hydroxyl groups is 1. The Hall–Kier alpha value is -1.22. The summed E-state index contributed by atoms with van der Waals surface area (Å²) in [5, 5.41) is 9.65. The number of hydrogen-bond acceptors (Lipinski definition) is 3. The summed E-state index contributed by atoms with van der Waals surface area (Å²) in [6.07, 6.45) is 2.55. The average Bonchev–Trinajstić information content (AvgIpc) is 2.62. The molecule has 0 unspecified atom stereocenters. The van der Waals surface area contributed by atoms with Gasteiger partial charge in [-0.05, 0) is 32.0 Å². The van der Waals surface area contributed by atoms with E-state index in [0.29, 0.717) is 11.4 Å². The minimum absolute atomic E-state index is 0.317. The first-order valence-corrected chi connectivity index (χ1v) is 5.05. The molecule has 0 aromatic heterocycles. The fourth-order valence-corrected chi connectivity index (χ4v) is 1.90. The molecule has 0 amide bonds.